The predicted molar refractivity (Wildman–Crippen MR) is 338 cm³/mol. The van der Waals surface area contributed by atoms with E-state index < -0.39 is 0 Å². The lowest BCUT2D eigenvalue weighted by Crippen LogP contribution is -2.00. The van der Waals surface area contributed by atoms with Gasteiger partial charge in [-0.1, -0.05) is 152 Å². The van der Waals surface area contributed by atoms with Crippen LogP contribution in [0.2, 0.25) is 0 Å². The maximum atomic E-state index is 6.75. The van der Waals surface area contributed by atoms with E-state index in [1.807, 2.05) is 42.5 Å². The van der Waals surface area contributed by atoms with Crippen LogP contribution in [-0.2, 0) is 0 Å². The number of nitrogens with zero attached hydrogens (tertiary/aromatic N) is 5. The number of hydrogen-bond donors (Lipinski definition) is 0. The summed E-state index contributed by atoms with van der Waals surface area (Å²) in [6, 6.07) is 91.4. The van der Waals surface area contributed by atoms with E-state index >= 15 is 0 Å². The molecule has 6 aromatic heterocycles. The average molecular weight is 1060 g/mol. The van der Waals surface area contributed by atoms with Crippen molar-refractivity contribution < 1.29 is 13.3 Å². The second-order valence-electron chi connectivity index (χ2n) is 21.4. The lowest BCUT2D eigenvalue weighted by Gasteiger charge is -2.09. The molecule has 0 amide bonds. The van der Waals surface area contributed by atoms with Gasteiger partial charge < -0.3 is 22.4 Å². The topological polar surface area (TPSA) is 88.0 Å². The van der Waals surface area contributed by atoms with Crippen LogP contribution in [0.25, 0.3) is 177 Å². The highest BCUT2D eigenvalue weighted by atomic mass is 16.3. The fraction of sp³-hybridized carbons (Fsp3) is 0. The lowest BCUT2D eigenvalue weighted by molar-refractivity contribution is 0.668. The molecule has 0 N–H and O–H groups in total. The van der Waals surface area contributed by atoms with Crippen LogP contribution in [-0.4, -0.2) is 24.1 Å². The quantitative estimate of drug-likeness (QED) is 0.158. The second-order valence-corrected chi connectivity index (χ2v) is 21.4. The number of rotatable bonds is 7. The summed E-state index contributed by atoms with van der Waals surface area (Å²) in [5, 5.41) is 10.9. The third-order valence-corrected chi connectivity index (χ3v) is 16.8. The van der Waals surface area contributed by atoms with Gasteiger partial charge in [0.25, 0.3) is 0 Å². The van der Waals surface area contributed by atoms with Gasteiger partial charge in [-0.15, -0.1) is 0 Å². The molecule has 0 atom stereocenters. The molecule has 12 aromatic carbocycles. The second kappa shape index (κ2) is 17.6. The molecule has 0 radical (unpaired) electrons. The molecule has 0 aliphatic heterocycles. The Hall–Kier alpha value is -11.4. The summed E-state index contributed by atoms with van der Waals surface area (Å²) < 4.78 is 24.8. The zero-order valence-corrected chi connectivity index (χ0v) is 44.3. The monoisotopic (exact) mass is 1060 g/mol. The van der Waals surface area contributed by atoms with Crippen molar-refractivity contribution in [3.63, 3.8) is 0 Å². The van der Waals surface area contributed by atoms with Crippen molar-refractivity contribution >= 4 is 109 Å². The molecule has 0 unspecified atom stereocenters. The smallest absolute Gasteiger partial charge is 0.164 e. The molecule has 0 bridgehead atoms. The van der Waals surface area contributed by atoms with Gasteiger partial charge in [-0.3, -0.25) is 0 Å². The van der Waals surface area contributed by atoms with Gasteiger partial charge in [-0.2, -0.15) is 0 Å². The van der Waals surface area contributed by atoms with Crippen molar-refractivity contribution in [1.82, 2.24) is 24.1 Å². The predicted octanol–water partition coefficient (Wildman–Crippen LogP) is 20.1. The van der Waals surface area contributed by atoms with Crippen LogP contribution in [0, 0.1) is 0 Å². The van der Waals surface area contributed by atoms with Crippen molar-refractivity contribution in [2.24, 2.45) is 0 Å². The van der Waals surface area contributed by atoms with Crippen LogP contribution < -0.4 is 0 Å². The number of benzene rings is 12. The van der Waals surface area contributed by atoms with Gasteiger partial charge in [0.2, 0.25) is 0 Å². The van der Waals surface area contributed by atoms with Gasteiger partial charge in [0.1, 0.15) is 33.5 Å². The molecule has 18 aromatic rings. The number of fused-ring (bicyclic) bond motifs is 15. The zero-order chi connectivity index (χ0) is 54.3. The minimum Gasteiger partial charge on any atom is -0.456 e. The molecule has 386 valence electrons. The molecule has 0 fully saturated rings. The third-order valence-electron chi connectivity index (χ3n) is 16.8. The minimum absolute atomic E-state index is 0.533. The first-order valence-electron chi connectivity index (χ1n) is 27.9. The van der Waals surface area contributed by atoms with Crippen LogP contribution >= 0.6 is 0 Å². The molecule has 0 saturated heterocycles. The molecule has 6 heterocycles. The van der Waals surface area contributed by atoms with Gasteiger partial charge in [0.05, 0.1) is 22.1 Å². The zero-order valence-electron chi connectivity index (χ0n) is 44.3. The Kier molecular flexibility index (Phi) is 9.64. The van der Waals surface area contributed by atoms with Gasteiger partial charge in [-0.25, -0.2) is 15.0 Å². The highest BCUT2D eigenvalue weighted by Gasteiger charge is 2.22. The molecule has 8 nitrogen and oxygen atoms in total. The molecule has 8 heteroatoms. The maximum absolute atomic E-state index is 6.75. The van der Waals surface area contributed by atoms with E-state index in [1.165, 1.54) is 32.6 Å². The van der Waals surface area contributed by atoms with E-state index in [4.69, 9.17) is 28.2 Å². The van der Waals surface area contributed by atoms with Crippen molar-refractivity contribution in [3.8, 4) is 67.8 Å². The summed E-state index contributed by atoms with van der Waals surface area (Å²) >= 11 is 0. The molecule has 0 aliphatic rings. The maximum Gasteiger partial charge on any atom is 0.164 e. The van der Waals surface area contributed by atoms with Crippen LogP contribution in [0.1, 0.15) is 0 Å². The third kappa shape index (κ3) is 6.96. The van der Waals surface area contributed by atoms with Crippen LogP contribution in [0.15, 0.2) is 274 Å². The molecule has 83 heavy (non-hydrogen) atoms. The van der Waals surface area contributed by atoms with Crippen LogP contribution in [0.5, 0.6) is 0 Å². The van der Waals surface area contributed by atoms with Crippen molar-refractivity contribution in [1.29, 1.82) is 0 Å². The Labute approximate surface area is 473 Å². The van der Waals surface area contributed by atoms with Gasteiger partial charge in [-0.05, 0) is 125 Å². The summed E-state index contributed by atoms with van der Waals surface area (Å²) in [4.78, 5) is 15.7. The Morgan fingerprint density at radius 1 is 0.229 bits per heavy atom. The largest absolute Gasteiger partial charge is 0.456 e. The van der Waals surface area contributed by atoms with Gasteiger partial charge >= 0.3 is 0 Å². The first-order valence-corrected chi connectivity index (χ1v) is 27.9. The number of furan rings is 3. The first kappa shape index (κ1) is 45.5. The van der Waals surface area contributed by atoms with Crippen molar-refractivity contribution in [2.75, 3.05) is 0 Å². The number of aromatic nitrogens is 5. The molecular formula is C75H43N5O3. The Bertz CT molecular complexity index is 5650. The SMILES string of the molecule is c1ccc(-c2nc(-c3ccc4c(c3)oc3cc(-n5c6ccccc6c6ccccc65)ccc34)nc(-c3cccc4oc5ccc(-c6cccc7oc8cc(-c9ccc%10c(c9)c9ccccc9n%10-c9ccccc9)ccc8c67)cc5c34)n2)cc1. The molecule has 0 aliphatic carbocycles. The Morgan fingerprint density at radius 3 is 1.46 bits per heavy atom. The van der Waals surface area contributed by atoms with Crippen LogP contribution in [0.4, 0.5) is 0 Å². The van der Waals surface area contributed by atoms with E-state index in [0.717, 1.165) is 127 Å². The first-order chi connectivity index (χ1) is 41.1. The fourth-order valence-corrected chi connectivity index (χ4v) is 13.0. The lowest BCUT2D eigenvalue weighted by atomic mass is 9.96. The van der Waals surface area contributed by atoms with Gasteiger partial charge in [0, 0.05) is 88.0 Å². The van der Waals surface area contributed by atoms with E-state index in [9.17, 15) is 0 Å². The summed E-state index contributed by atoms with van der Waals surface area (Å²) in [6.45, 7) is 0. The summed E-state index contributed by atoms with van der Waals surface area (Å²) in [5.74, 6) is 1.63. The highest BCUT2D eigenvalue weighted by Crippen LogP contribution is 2.44. The minimum atomic E-state index is 0.533. The molecule has 0 saturated carbocycles. The van der Waals surface area contributed by atoms with E-state index in [-0.39, 0.29) is 0 Å². The van der Waals surface area contributed by atoms with E-state index in [0.29, 0.717) is 17.5 Å². The highest BCUT2D eigenvalue weighted by molar-refractivity contribution is 6.17. The number of para-hydroxylation sites is 4. The Balaban J connectivity index is 0.738. The standard InChI is InChI=1S/C75H43N5O3/c1-3-15-44(16-4-1)73-76-74(48-30-34-55-56-36-33-50(43-70(56)83-68(55)42-48)80-61-24-10-7-19-52(61)53-20-8-11-25-62(53)80)78-75(77-73)58-23-14-28-67-72(58)60-40-47(32-38-65(60)81-67)51-22-13-27-66-71(51)57-35-29-46(41-69(57)82-66)45-31-37-64-59(39-45)54-21-9-12-26-63(54)79(64)49-17-5-2-6-18-49/h1-43H. The van der Waals surface area contributed by atoms with Crippen molar-refractivity contribution in [3.05, 3.63) is 261 Å². The number of hydrogen-bond acceptors (Lipinski definition) is 6. The van der Waals surface area contributed by atoms with Crippen molar-refractivity contribution in [2.45, 2.75) is 0 Å². The van der Waals surface area contributed by atoms with Crippen LogP contribution in [0.3, 0.4) is 0 Å². The normalized spacial score (nSPS) is 12.1. The van der Waals surface area contributed by atoms with E-state index in [2.05, 4.69) is 228 Å². The fourth-order valence-electron chi connectivity index (χ4n) is 13.0. The average Bonchev–Trinajstić information content (AvgIpc) is 2.71. The summed E-state index contributed by atoms with van der Waals surface area (Å²) in [6.07, 6.45) is 0. The Morgan fingerprint density at radius 2 is 0.711 bits per heavy atom. The molecule has 0 spiro atoms. The van der Waals surface area contributed by atoms with Gasteiger partial charge in [0.15, 0.2) is 17.5 Å². The summed E-state index contributed by atoms with van der Waals surface area (Å²) in [5.41, 5.74) is 18.4. The summed E-state index contributed by atoms with van der Waals surface area (Å²) in [7, 11) is 0. The molecular weight excluding hydrogens is 1020 g/mol. The molecule has 18 rings (SSSR count). The van der Waals surface area contributed by atoms with E-state index in [1.54, 1.807) is 0 Å².